The molecule has 0 saturated heterocycles. The number of aromatic nitrogens is 1. The van der Waals surface area contributed by atoms with Gasteiger partial charge in [-0.15, -0.1) is 11.8 Å². The molecule has 132 valence electrons. The summed E-state index contributed by atoms with van der Waals surface area (Å²) < 4.78 is 37.1. The summed E-state index contributed by atoms with van der Waals surface area (Å²) in [7, 11) is 0. The SMILES string of the molecule is CCSc1ccc(Cl)nc1N/C(Cl)=C(/N)C(=N)/C=C(\N)C(F)(F)F. The average Bonchev–Trinajstić information content (AvgIpc) is 2.48. The van der Waals surface area contributed by atoms with Crippen LogP contribution in [0.4, 0.5) is 19.0 Å². The maximum Gasteiger partial charge on any atom is 0.430 e. The van der Waals surface area contributed by atoms with E-state index in [0.717, 1.165) is 5.75 Å². The minimum Gasteiger partial charge on any atom is -0.395 e. The molecule has 0 fully saturated rings. The van der Waals surface area contributed by atoms with Crippen molar-refractivity contribution in [3.05, 3.63) is 39.9 Å². The highest BCUT2D eigenvalue weighted by molar-refractivity contribution is 7.99. The molecule has 0 aliphatic rings. The van der Waals surface area contributed by atoms with E-state index in [1.807, 2.05) is 6.92 Å². The smallest absolute Gasteiger partial charge is 0.395 e. The normalized spacial score (nSPS) is 13.5. The third-order valence-corrected chi connectivity index (χ3v) is 3.94. The van der Waals surface area contributed by atoms with Gasteiger partial charge in [0.25, 0.3) is 0 Å². The molecule has 0 saturated carbocycles. The first kappa shape index (κ1) is 20.5. The number of hydrogen-bond acceptors (Lipinski definition) is 6. The minimum absolute atomic E-state index is 0.192. The lowest BCUT2D eigenvalue weighted by Gasteiger charge is -2.12. The van der Waals surface area contributed by atoms with E-state index in [1.165, 1.54) is 11.8 Å². The molecule has 0 aliphatic heterocycles. The maximum atomic E-state index is 12.4. The molecule has 0 bridgehead atoms. The van der Waals surface area contributed by atoms with Crippen LogP contribution in [0.5, 0.6) is 0 Å². The van der Waals surface area contributed by atoms with Crippen LogP contribution in [0.3, 0.4) is 0 Å². The first-order valence-electron chi connectivity index (χ1n) is 6.41. The number of nitrogens with zero attached hydrogens (tertiary/aromatic N) is 1. The largest absolute Gasteiger partial charge is 0.430 e. The van der Waals surface area contributed by atoms with Crippen LogP contribution in [0.15, 0.2) is 39.7 Å². The molecule has 0 radical (unpaired) electrons. The van der Waals surface area contributed by atoms with E-state index in [9.17, 15) is 13.2 Å². The molecule has 24 heavy (non-hydrogen) atoms. The van der Waals surface area contributed by atoms with Gasteiger partial charge in [0, 0.05) is 0 Å². The summed E-state index contributed by atoms with van der Waals surface area (Å²) in [4.78, 5) is 4.76. The van der Waals surface area contributed by atoms with Crippen molar-refractivity contribution in [3.63, 3.8) is 0 Å². The summed E-state index contributed by atoms with van der Waals surface area (Å²) in [5, 5.41) is 10.1. The highest BCUT2D eigenvalue weighted by Gasteiger charge is 2.31. The molecule has 0 amide bonds. The summed E-state index contributed by atoms with van der Waals surface area (Å²) in [5.41, 5.74) is 7.87. The molecular formula is C13H14Cl2F3N5S. The highest BCUT2D eigenvalue weighted by Crippen LogP contribution is 2.29. The van der Waals surface area contributed by atoms with Crippen molar-refractivity contribution in [2.75, 3.05) is 11.1 Å². The van der Waals surface area contributed by atoms with Gasteiger partial charge in [0.1, 0.15) is 21.8 Å². The first-order chi connectivity index (χ1) is 11.1. The van der Waals surface area contributed by atoms with Gasteiger partial charge in [0.15, 0.2) is 0 Å². The number of allylic oxidation sites excluding steroid dienone is 2. The molecule has 0 atom stereocenters. The fourth-order valence-corrected chi connectivity index (χ4v) is 2.44. The molecule has 0 spiro atoms. The summed E-state index contributed by atoms with van der Waals surface area (Å²) in [5.74, 6) is 1.03. The van der Waals surface area contributed by atoms with Crippen molar-refractivity contribution in [1.82, 2.24) is 4.98 Å². The molecule has 1 aromatic heterocycles. The summed E-state index contributed by atoms with van der Waals surface area (Å²) in [6, 6.07) is 3.29. The first-order valence-corrected chi connectivity index (χ1v) is 8.15. The Morgan fingerprint density at radius 2 is 2.04 bits per heavy atom. The molecule has 1 aromatic rings. The lowest BCUT2D eigenvalue weighted by Crippen LogP contribution is -2.22. The van der Waals surface area contributed by atoms with E-state index >= 15 is 0 Å². The third kappa shape index (κ3) is 5.81. The second-order valence-electron chi connectivity index (χ2n) is 4.28. The predicted octanol–water partition coefficient (Wildman–Crippen LogP) is 4.05. The van der Waals surface area contributed by atoms with E-state index in [0.29, 0.717) is 11.0 Å². The number of thioether (sulfide) groups is 1. The van der Waals surface area contributed by atoms with Gasteiger partial charge in [-0.25, -0.2) is 4.98 Å². The van der Waals surface area contributed by atoms with Gasteiger partial charge in [0.05, 0.1) is 16.3 Å². The van der Waals surface area contributed by atoms with E-state index < -0.39 is 23.3 Å². The molecule has 1 rings (SSSR count). The zero-order valence-corrected chi connectivity index (χ0v) is 14.7. The molecule has 1 heterocycles. The van der Waals surface area contributed by atoms with Crippen LogP contribution in [0.25, 0.3) is 0 Å². The van der Waals surface area contributed by atoms with Gasteiger partial charge in [-0.3, -0.25) is 5.41 Å². The number of nitrogens with two attached hydrogens (primary N) is 2. The summed E-state index contributed by atoms with van der Waals surface area (Å²) in [6.07, 6.45) is -4.38. The van der Waals surface area contributed by atoms with Crippen molar-refractivity contribution < 1.29 is 13.2 Å². The van der Waals surface area contributed by atoms with Crippen molar-refractivity contribution in [1.29, 1.82) is 5.41 Å². The van der Waals surface area contributed by atoms with Gasteiger partial charge in [-0.1, -0.05) is 30.1 Å². The Morgan fingerprint density at radius 3 is 2.58 bits per heavy atom. The molecule has 0 aromatic carbocycles. The van der Waals surface area contributed by atoms with Crippen LogP contribution >= 0.6 is 35.0 Å². The summed E-state index contributed by atoms with van der Waals surface area (Å²) >= 11 is 13.2. The second-order valence-corrected chi connectivity index (χ2v) is 6.35. The maximum absolute atomic E-state index is 12.4. The van der Waals surface area contributed by atoms with Crippen molar-refractivity contribution in [2.45, 2.75) is 18.0 Å². The molecule has 11 heteroatoms. The van der Waals surface area contributed by atoms with Crippen LogP contribution in [-0.2, 0) is 0 Å². The van der Waals surface area contributed by atoms with E-state index in [4.69, 9.17) is 40.1 Å². The van der Waals surface area contributed by atoms with Crippen LogP contribution in [0.2, 0.25) is 5.15 Å². The molecular weight excluding hydrogens is 386 g/mol. The Morgan fingerprint density at radius 1 is 1.42 bits per heavy atom. The van der Waals surface area contributed by atoms with Crippen molar-refractivity contribution in [3.8, 4) is 0 Å². The van der Waals surface area contributed by atoms with Crippen LogP contribution < -0.4 is 16.8 Å². The fourth-order valence-electron chi connectivity index (χ4n) is 1.39. The van der Waals surface area contributed by atoms with Crippen LogP contribution in [0, 0.1) is 5.41 Å². The predicted molar refractivity (Wildman–Crippen MR) is 92.4 cm³/mol. The quantitative estimate of drug-likeness (QED) is 0.250. The number of nitrogens with one attached hydrogen (secondary N) is 2. The Labute approximate surface area is 150 Å². The standard InChI is InChI=1S/C13H14Cl2F3N5S/c1-2-24-7-3-4-9(14)22-12(7)23-11(15)10(21)6(19)5-8(20)13(16,17)18/h3-5,19H,2,20-21H2,1H3,(H,22,23)/b8-5-,11-10+,19-6?. The second kappa shape index (κ2) is 8.50. The molecule has 0 unspecified atom stereocenters. The van der Waals surface area contributed by atoms with Gasteiger partial charge in [-0.2, -0.15) is 13.2 Å². The van der Waals surface area contributed by atoms with Gasteiger partial charge in [0.2, 0.25) is 0 Å². The fraction of sp³-hybridized carbons (Fsp3) is 0.231. The lowest BCUT2D eigenvalue weighted by molar-refractivity contribution is -0.0925. The zero-order valence-electron chi connectivity index (χ0n) is 12.3. The van der Waals surface area contributed by atoms with Crippen LogP contribution in [0.1, 0.15) is 6.92 Å². The molecule has 5 nitrogen and oxygen atoms in total. The Hall–Kier alpha value is -1.58. The number of rotatable bonds is 6. The topological polar surface area (TPSA) is 101 Å². The number of anilines is 1. The highest BCUT2D eigenvalue weighted by atomic mass is 35.5. The Balaban J connectivity index is 3.08. The van der Waals surface area contributed by atoms with E-state index in [2.05, 4.69) is 10.3 Å². The third-order valence-electron chi connectivity index (χ3n) is 2.51. The van der Waals surface area contributed by atoms with Crippen LogP contribution in [-0.4, -0.2) is 22.6 Å². The number of halogens is 5. The number of alkyl halides is 3. The van der Waals surface area contributed by atoms with E-state index in [1.54, 1.807) is 12.1 Å². The van der Waals surface area contributed by atoms with Gasteiger partial charge < -0.3 is 16.8 Å². The average molecular weight is 400 g/mol. The number of hydrogen-bond donors (Lipinski definition) is 4. The van der Waals surface area contributed by atoms with Crippen molar-refractivity contribution in [2.24, 2.45) is 11.5 Å². The molecule has 6 N–H and O–H groups in total. The Bertz CT molecular complexity index is 689. The van der Waals surface area contributed by atoms with Gasteiger partial charge >= 0.3 is 6.18 Å². The zero-order chi connectivity index (χ0) is 18.5. The number of pyridine rings is 1. The minimum atomic E-state index is -4.76. The Kier molecular flexibility index (Phi) is 7.25. The summed E-state index contributed by atoms with van der Waals surface area (Å²) in [6.45, 7) is 1.93. The van der Waals surface area contributed by atoms with Gasteiger partial charge in [-0.05, 0) is 24.0 Å². The monoisotopic (exact) mass is 399 g/mol. The van der Waals surface area contributed by atoms with Crippen molar-refractivity contribution >= 4 is 46.5 Å². The van der Waals surface area contributed by atoms with E-state index in [-0.39, 0.29) is 16.1 Å². The molecule has 0 aliphatic carbocycles. The lowest BCUT2D eigenvalue weighted by atomic mass is 10.2.